The van der Waals surface area contributed by atoms with E-state index >= 15 is 0 Å². The van der Waals surface area contributed by atoms with Gasteiger partial charge in [-0.2, -0.15) is 5.26 Å². The summed E-state index contributed by atoms with van der Waals surface area (Å²) in [7, 11) is 0. The summed E-state index contributed by atoms with van der Waals surface area (Å²) in [5, 5.41) is 17.7. The van der Waals surface area contributed by atoms with Gasteiger partial charge in [-0.3, -0.25) is 0 Å². The molecule has 0 saturated carbocycles. The summed E-state index contributed by atoms with van der Waals surface area (Å²) in [6.07, 6.45) is 8.86. The second-order valence-corrected chi connectivity index (χ2v) is 8.56. The number of phenols is 1. The smallest absolute Gasteiger partial charge is 0.165 e. The molecule has 0 heterocycles. The molecule has 0 radical (unpaired) electrons. The molecule has 3 aromatic carbocycles. The molecular weight excluding hydrogens is 444 g/mol. The zero-order valence-electron chi connectivity index (χ0n) is 20.7. The van der Waals surface area contributed by atoms with Crippen LogP contribution in [0.25, 0.3) is 0 Å². The predicted octanol–water partition coefficient (Wildman–Crippen LogP) is 8.27. The van der Waals surface area contributed by atoms with Crippen LogP contribution in [0.4, 0.5) is 8.78 Å². The summed E-state index contributed by atoms with van der Waals surface area (Å²) >= 11 is 0. The number of halogens is 2. The summed E-state index contributed by atoms with van der Waals surface area (Å²) in [5.74, 6) is -0.843. The Hall–Kier alpha value is -3.39. The van der Waals surface area contributed by atoms with Crippen molar-refractivity contribution in [2.24, 2.45) is 0 Å². The van der Waals surface area contributed by atoms with Crippen molar-refractivity contribution in [2.45, 2.75) is 71.8 Å². The number of rotatable bonds is 11. The summed E-state index contributed by atoms with van der Waals surface area (Å²) in [5.41, 5.74) is 3.46. The molecule has 0 aromatic heterocycles. The lowest BCUT2D eigenvalue weighted by molar-refractivity contribution is 0.290. The maximum Gasteiger partial charge on any atom is 0.165 e. The molecule has 0 bridgehead atoms. The number of benzene rings is 3. The van der Waals surface area contributed by atoms with Crippen LogP contribution >= 0.6 is 0 Å². The maximum absolute atomic E-state index is 13.8. The fourth-order valence-electron chi connectivity index (χ4n) is 3.58. The van der Waals surface area contributed by atoms with Gasteiger partial charge in [0.05, 0.1) is 11.6 Å². The van der Waals surface area contributed by atoms with E-state index in [1.54, 1.807) is 24.3 Å². The third kappa shape index (κ3) is 10.2. The molecule has 0 unspecified atom stereocenters. The molecule has 5 heteroatoms. The van der Waals surface area contributed by atoms with Crippen LogP contribution in [-0.4, -0.2) is 5.11 Å². The van der Waals surface area contributed by atoms with Crippen molar-refractivity contribution >= 4 is 0 Å². The number of ether oxygens (including phenoxy) is 1. The first-order valence-corrected chi connectivity index (χ1v) is 12.3. The standard InChI is InChI=1S/C17H16FNO.C13H19FO/c1-2-3-13-8-9-17(16(18)10-13)20-12-15-6-4-14(11-19)5-7-15;1-2-3-4-5-6-7-11-8-9-13(15)12(14)10-11/h4-10H,2-3,12H2,1H3;8-10,15H,2-7H2,1H3. The minimum atomic E-state index is -0.513. The van der Waals surface area contributed by atoms with E-state index in [1.807, 2.05) is 18.2 Å². The van der Waals surface area contributed by atoms with Crippen LogP contribution in [0.15, 0.2) is 60.7 Å². The van der Waals surface area contributed by atoms with E-state index in [2.05, 4.69) is 19.9 Å². The van der Waals surface area contributed by atoms with Gasteiger partial charge in [-0.1, -0.05) is 70.2 Å². The summed E-state index contributed by atoms with van der Waals surface area (Å²) < 4.78 is 32.3. The fourth-order valence-corrected chi connectivity index (χ4v) is 3.58. The van der Waals surface area contributed by atoms with Gasteiger partial charge >= 0.3 is 0 Å². The number of aromatic hydroxyl groups is 1. The molecular formula is C30H35F2NO2. The average Bonchev–Trinajstić information content (AvgIpc) is 2.86. The molecule has 3 aromatic rings. The minimum absolute atomic E-state index is 0.259. The largest absolute Gasteiger partial charge is 0.505 e. The van der Waals surface area contributed by atoms with Gasteiger partial charge in [0.1, 0.15) is 6.61 Å². The number of aryl methyl sites for hydroxylation is 2. The molecule has 3 nitrogen and oxygen atoms in total. The van der Waals surface area contributed by atoms with Gasteiger partial charge in [0.2, 0.25) is 0 Å². The SMILES string of the molecule is CCCCCCCc1ccc(O)c(F)c1.CCCc1ccc(OCc2ccc(C#N)cc2)c(F)c1. The number of hydrogen-bond donors (Lipinski definition) is 1. The minimum Gasteiger partial charge on any atom is -0.505 e. The van der Waals surface area contributed by atoms with Crippen molar-refractivity contribution in [3.8, 4) is 17.6 Å². The van der Waals surface area contributed by atoms with Gasteiger partial charge in [0.15, 0.2) is 23.1 Å². The molecule has 0 aliphatic heterocycles. The van der Waals surface area contributed by atoms with Crippen molar-refractivity contribution in [3.05, 3.63) is 94.6 Å². The highest BCUT2D eigenvalue weighted by Crippen LogP contribution is 2.21. The number of nitriles is 1. The van der Waals surface area contributed by atoms with Crippen molar-refractivity contribution in [1.29, 1.82) is 5.26 Å². The van der Waals surface area contributed by atoms with Gasteiger partial charge < -0.3 is 9.84 Å². The zero-order chi connectivity index (χ0) is 25.5. The number of unbranched alkanes of at least 4 members (excludes halogenated alkanes) is 4. The van der Waals surface area contributed by atoms with Gasteiger partial charge in [0, 0.05) is 0 Å². The van der Waals surface area contributed by atoms with Crippen LogP contribution in [-0.2, 0) is 19.4 Å². The molecule has 0 amide bonds. The molecule has 0 fully saturated rings. The van der Waals surface area contributed by atoms with Crippen molar-refractivity contribution in [2.75, 3.05) is 0 Å². The van der Waals surface area contributed by atoms with Crippen LogP contribution in [0.1, 0.15) is 74.6 Å². The molecule has 0 aliphatic carbocycles. The molecule has 186 valence electrons. The predicted molar refractivity (Wildman–Crippen MR) is 136 cm³/mol. The number of phenolic OH excluding ortho intramolecular Hbond substituents is 1. The lowest BCUT2D eigenvalue weighted by atomic mass is 10.1. The van der Waals surface area contributed by atoms with Crippen molar-refractivity contribution in [3.63, 3.8) is 0 Å². The molecule has 0 spiro atoms. The third-order valence-electron chi connectivity index (χ3n) is 5.59. The second kappa shape index (κ2) is 15.5. The van der Waals surface area contributed by atoms with E-state index in [4.69, 9.17) is 15.1 Å². The van der Waals surface area contributed by atoms with E-state index in [0.717, 1.165) is 42.4 Å². The first kappa shape index (κ1) is 27.9. The Kier molecular flexibility index (Phi) is 12.3. The van der Waals surface area contributed by atoms with Crippen LogP contribution in [0.3, 0.4) is 0 Å². The Labute approximate surface area is 208 Å². The first-order valence-electron chi connectivity index (χ1n) is 12.3. The highest BCUT2D eigenvalue weighted by atomic mass is 19.1. The number of hydrogen-bond acceptors (Lipinski definition) is 3. The molecule has 35 heavy (non-hydrogen) atoms. The monoisotopic (exact) mass is 479 g/mol. The summed E-state index contributed by atoms with van der Waals surface area (Å²) in [6, 6.07) is 18.8. The average molecular weight is 480 g/mol. The van der Waals surface area contributed by atoms with Crippen LogP contribution in [0.5, 0.6) is 11.5 Å². The first-order chi connectivity index (χ1) is 17.0. The Bertz CT molecular complexity index is 1070. The zero-order valence-corrected chi connectivity index (χ0v) is 20.7. The van der Waals surface area contributed by atoms with E-state index in [0.29, 0.717) is 5.56 Å². The highest BCUT2D eigenvalue weighted by molar-refractivity contribution is 5.33. The van der Waals surface area contributed by atoms with E-state index in [1.165, 1.54) is 43.9 Å². The van der Waals surface area contributed by atoms with E-state index in [9.17, 15) is 8.78 Å². The highest BCUT2D eigenvalue weighted by Gasteiger charge is 2.05. The normalized spacial score (nSPS) is 10.3. The van der Waals surface area contributed by atoms with Crippen molar-refractivity contribution < 1.29 is 18.6 Å². The topological polar surface area (TPSA) is 53.2 Å². The van der Waals surface area contributed by atoms with Crippen LogP contribution < -0.4 is 4.74 Å². The Morgan fingerprint density at radius 2 is 1.37 bits per heavy atom. The van der Waals surface area contributed by atoms with Gasteiger partial charge in [-0.15, -0.1) is 0 Å². The van der Waals surface area contributed by atoms with Gasteiger partial charge in [-0.05, 0) is 72.4 Å². The van der Waals surface area contributed by atoms with Gasteiger partial charge in [0.25, 0.3) is 0 Å². The molecule has 3 rings (SSSR count). The van der Waals surface area contributed by atoms with E-state index < -0.39 is 5.82 Å². The number of nitrogens with zero attached hydrogens (tertiary/aromatic N) is 1. The van der Waals surface area contributed by atoms with Crippen LogP contribution in [0, 0.1) is 23.0 Å². The quantitative estimate of drug-likeness (QED) is 0.282. The fraction of sp³-hybridized carbons (Fsp3) is 0.367. The Morgan fingerprint density at radius 1 is 0.743 bits per heavy atom. The third-order valence-corrected chi connectivity index (χ3v) is 5.59. The Balaban J connectivity index is 0.000000258. The molecule has 0 aliphatic rings. The maximum atomic E-state index is 13.8. The van der Waals surface area contributed by atoms with E-state index in [-0.39, 0.29) is 23.9 Å². The molecule has 1 N–H and O–H groups in total. The molecule has 0 saturated heterocycles. The summed E-state index contributed by atoms with van der Waals surface area (Å²) in [6.45, 7) is 4.54. The van der Waals surface area contributed by atoms with Crippen LogP contribution in [0.2, 0.25) is 0 Å². The van der Waals surface area contributed by atoms with Crippen molar-refractivity contribution in [1.82, 2.24) is 0 Å². The lowest BCUT2D eigenvalue weighted by Gasteiger charge is -2.08. The molecule has 0 atom stereocenters. The second-order valence-electron chi connectivity index (χ2n) is 8.56. The van der Waals surface area contributed by atoms with Gasteiger partial charge in [-0.25, -0.2) is 8.78 Å². The Morgan fingerprint density at radius 3 is 2.00 bits per heavy atom. The summed E-state index contributed by atoms with van der Waals surface area (Å²) in [4.78, 5) is 0. The lowest BCUT2D eigenvalue weighted by Crippen LogP contribution is -1.98.